The second kappa shape index (κ2) is 5.52. The number of esters is 1. The van der Waals surface area contributed by atoms with Gasteiger partial charge in [-0.25, -0.2) is 4.79 Å². The molecule has 0 rings (SSSR count). The molecule has 3 heteroatoms. The van der Waals surface area contributed by atoms with E-state index < -0.39 is 11.8 Å². The van der Waals surface area contributed by atoms with E-state index in [4.69, 9.17) is 0 Å². The van der Waals surface area contributed by atoms with Crippen LogP contribution in [0, 0.1) is 0 Å². The number of ketones is 1. The second-order valence-electron chi connectivity index (χ2n) is 2.60. The summed E-state index contributed by atoms with van der Waals surface area (Å²) in [6, 6.07) is 0. The summed E-state index contributed by atoms with van der Waals surface area (Å²) in [6.07, 6.45) is 1.73. The minimum Gasteiger partial charge on any atom is -0.460 e. The smallest absolute Gasteiger partial charge is 0.379 e. The van der Waals surface area contributed by atoms with Crippen LogP contribution >= 0.6 is 0 Å². The molecule has 0 amide bonds. The zero-order valence-corrected chi connectivity index (χ0v) is 7.55. The summed E-state index contributed by atoms with van der Waals surface area (Å²) in [5, 5.41) is 0. The Kier molecular flexibility index (Phi) is 5.00. The fraction of sp³-hybridized carbons (Fsp3) is 0.556. The number of carbonyl (C=O) groups excluding carboxylic acids is 2. The van der Waals surface area contributed by atoms with Gasteiger partial charge in [0.15, 0.2) is 0 Å². The summed E-state index contributed by atoms with van der Waals surface area (Å²) in [7, 11) is 0. The molecule has 68 valence electrons. The lowest BCUT2D eigenvalue weighted by Gasteiger charge is -2.01. The maximum absolute atomic E-state index is 10.9. The van der Waals surface area contributed by atoms with E-state index in [1.54, 1.807) is 0 Å². The Hall–Kier alpha value is -1.12. The van der Waals surface area contributed by atoms with E-state index in [1.807, 2.05) is 6.92 Å². The number of ether oxygens (including phenoxy) is 1. The van der Waals surface area contributed by atoms with Gasteiger partial charge in [-0.3, -0.25) is 4.79 Å². The lowest BCUT2D eigenvalue weighted by Crippen LogP contribution is -2.18. The van der Waals surface area contributed by atoms with Crippen molar-refractivity contribution in [2.75, 3.05) is 6.61 Å². The third kappa shape index (κ3) is 3.91. The number of hydrogen-bond donors (Lipinski definition) is 0. The first-order valence-corrected chi connectivity index (χ1v) is 3.96. The fourth-order valence-corrected chi connectivity index (χ4v) is 0.549. The Bertz CT molecular complexity index is 194. The van der Waals surface area contributed by atoms with Crippen molar-refractivity contribution in [1.29, 1.82) is 0 Å². The van der Waals surface area contributed by atoms with E-state index in [2.05, 4.69) is 11.3 Å². The van der Waals surface area contributed by atoms with E-state index in [9.17, 15) is 9.59 Å². The van der Waals surface area contributed by atoms with Gasteiger partial charge in [0.2, 0.25) is 0 Å². The van der Waals surface area contributed by atoms with Gasteiger partial charge in [0, 0.05) is 0 Å². The molecule has 0 atom stereocenters. The minimum atomic E-state index is -0.795. The van der Waals surface area contributed by atoms with Crippen LogP contribution in [-0.2, 0) is 14.3 Å². The van der Waals surface area contributed by atoms with Crippen LogP contribution in [0.2, 0.25) is 0 Å². The molecule has 0 aromatic carbocycles. The number of rotatable bonds is 5. The lowest BCUT2D eigenvalue weighted by molar-refractivity contribution is -0.152. The van der Waals surface area contributed by atoms with Crippen molar-refractivity contribution >= 4 is 11.8 Å². The topological polar surface area (TPSA) is 43.4 Å². The average molecular weight is 170 g/mol. The molecular formula is C9H14O3. The van der Waals surface area contributed by atoms with Gasteiger partial charge in [0.1, 0.15) is 0 Å². The summed E-state index contributed by atoms with van der Waals surface area (Å²) in [5.41, 5.74) is 0.219. The normalized spacial score (nSPS) is 9.17. The zero-order chi connectivity index (χ0) is 9.56. The van der Waals surface area contributed by atoms with Gasteiger partial charge in [0.05, 0.1) is 6.61 Å². The predicted octanol–water partition coefficient (Wildman–Crippen LogP) is 1.47. The maximum Gasteiger partial charge on any atom is 0.379 e. The summed E-state index contributed by atoms with van der Waals surface area (Å²) in [6.45, 7) is 7.14. The summed E-state index contributed by atoms with van der Waals surface area (Å²) in [5.74, 6) is -1.43. The lowest BCUT2D eigenvalue weighted by atomic mass is 10.2. The van der Waals surface area contributed by atoms with Gasteiger partial charge in [-0.2, -0.15) is 0 Å². The molecule has 0 aromatic rings. The molecule has 0 radical (unpaired) electrons. The van der Waals surface area contributed by atoms with E-state index in [0.717, 1.165) is 12.8 Å². The van der Waals surface area contributed by atoms with Crippen LogP contribution in [0.25, 0.3) is 0 Å². The van der Waals surface area contributed by atoms with Crippen LogP contribution in [0.4, 0.5) is 0 Å². The van der Waals surface area contributed by atoms with Gasteiger partial charge in [-0.1, -0.05) is 19.9 Å². The van der Waals surface area contributed by atoms with Crippen molar-refractivity contribution in [2.24, 2.45) is 0 Å². The highest BCUT2D eigenvalue weighted by molar-refractivity contribution is 6.40. The van der Waals surface area contributed by atoms with Gasteiger partial charge in [-0.05, 0) is 18.9 Å². The highest BCUT2D eigenvalue weighted by Gasteiger charge is 2.14. The fourth-order valence-electron chi connectivity index (χ4n) is 0.549. The quantitative estimate of drug-likeness (QED) is 0.271. The van der Waals surface area contributed by atoms with Crippen LogP contribution in [0.5, 0.6) is 0 Å². The molecule has 0 N–H and O–H groups in total. The SMILES string of the molecule is C=C(C)C(=O)C(=O)OCCCC. The predicted molar refractivity (Wildman–Crippen MR) is 45.7 cm³/mol. The van der Waals surface area contributed by atoms with Crippen LogP contribution in [-0.4, -0.2) is 18.4 Å². The Labute approximate surface area is 72.4 Å². The third-order valence-electron chi connectivity index (χ3n) is 1.30. The van der Waals surface area contributed by atoms with Gasteiger partial charge >= 0.3 is 5.97 Å². The molecule has 0 bridgehead atoms. The number of Topliss-reactive ketones (excluding diaryl/α,β-unsaturated/α-hetero) is 1. The summed E-state index contributed by atoms with van der Waals surface area (Å²) >= 11 is 0. The molecular weight excluding hydrogens is 156 g/mol. The standard InChI is InChI=1S/C9H14O3/c1-4-5-6-12-9(11)8(10)7(2)3/h2,4-6H2,1,3H3. The van der Waals surface area contributed by atoms with Crippen LogP contribution < -0.4 is 0 Å². The van der Waals surface area contributed by atoms with Crippen molar-refractivity contribution in [3.63, 3.8) is 0 Å². The number of carbonyl (C=O) groups is 2. The van der Waals surface area contributed by atoms with E-state index >= 15 is 0 Å². The average Bonchev–Trinajstić information content (AvgIpc) is 2.03. The molecule has 0 fully saturated rings. The largest absolute Gasteiger partial charge is 0.460 e. The summed E-state index contributed by atoms with van der Waals surface area (Å²) in [4.78, 5) is 21.7. The molecule has 0 saturated carbocycles. The Balaban J connectivity index is 3.73. The highest BCUT2D eigenvalue weighted by Crippen LogP contribution is 1.95. The van der Waals surface area contributed by atoms with Crippen molar-refractivity contribution in [3.8, 4) is 0 Å². The highest BCUT2D eigenvalue weighted by atomic mass is 16.5. The van der Waals surface area contributed by atoms with E-state index in [-0.39, 0.29) is 5.57 Å². The Morgan fingerprint density at radius 2 is 2.00 bits per heavy atom. The molecule has 0 heterocycles. The van der Waals surface area contributed by atoms with Crippen molar-refractivity contribution in [2.45, 2.75) is 26.7 Å². The van der Waals surface area contributed by atoms with Gasteiger partial charge in [0.25, 0.3) is 5.78 Å². The Morgan fingerprint density at radius 3 is 2.42 bits per heavy atom. The van der Waals surface area contributed by atoms with Crippen molar-refractivity contribution in [1.82, 2.24) is 0 Å². The molecule has 0 saturated heterocycles. The molecule has 0 aromatic heterocycles. The molecule has 0 aliphatic heterocycles. The monoisotopic (exact) mass is 170 g/mol. The first-order valence-electron chi connectivity index (χ1n) is 3.96. The second-order valence-corrected chi connectivity index (χ2v) is 2.60. The van der Waals surface area contributed by atoms with Crippen molar-refractivity contribution in [3.05, 3.63) is 12.2 Å². The van der Waals surface area contributed by atoms with E-state index in [1.165, 1.54) is 6.92 Å². The number of unbranched alkanes of at least 4 members (excludes halogenated alkanes) is 1. The molecule has 0 aliphatic rings. The van der Waals surface area contributed by atoms with Crippen LogP contribution in [0.1, 0.15) is 26.7 Å². The minimum absolute atomic E-state index is 0.219. The van der Waals surface area contributed by atoms with Gasteiger partial charge < -0.3 is 4.74 Å². The molecule has 0 aliphatic carbocycles. The molecule has 3 nitrogen and oxygen atoms in total. The molecule has 0 unspecified atom stereocenters. The zero-order valence-electron chi connectivity index (χ0n) is 7.55. The number of hydrogen-bond acceptors (Lipinski definition) is 3. The molecule has 0 spiro atoms. The summed E-state index contributed by atoms with van der Waals surface area (Å²) < 4.78 is 4.66. The first-order chi connectivity index (χ1) is 5.59. The molecule has 12 heavy (non-hydrogen) atoms. The first kappa shape index (κ1) is 10.9. The van der Waals surface area contributed by atoms with Crippen LogP contribution in [0.15, 0.2) is 12.2 Å². The Morgan fingerprint density at radius 1 is 1.42 bits per heavy atom. The third-order valence-corrected chi connectivity index (χ3v) is 1.30. The maximum atomic E-state index is 10.9. The van der Waals surface area contributed by atoms with Gasteiger partial charge in [-0.15, -0.1) is 0 Å². The van der Waals surface area contributed by atoms with Crippen molar-refractivity contribution < 1.29 is 14.3 Å². The van der Waals surface area contributed by atoms with Crippen LogP contribution in [0.3, 0.4) is 0 Å². The van der Waals surface area contributed by atoms with E-state index in [0.29, 0.717) is 6.61 Å².